The minimum absolute atomic E-state index is 0.0257. The zero-order valence-electron chi connectivity index (χ0n) is 11.7. The van der Waals surface area contributed by atoms with Crippen LogP contribution < -0.4 is 0 Å². The number of amides is 1. The van der Waals surface area contributed by atoms with E-state index in [9.17, 15) is 4.79 Å². The average molecular weight is 291 g/mol. The average Bonchev–Trinajstić information content (AvgIpc) is 2.86. The number of rotatable bonds is 5. The van der Waals surface area contributed by atoms with E-state index >= 15 is 0 Å². The fourth-order valence-corrected chi connectivity index (χ4v) is 2.55. The largest absolute Gasteiger partial charge is 0.348 e. The molecule has 1 aromatic carbocycles. The smallest absolute Gasteiger partial charge is 0.286 e. The highest BCUT2D eigenvalue weighted by Crippen LogP contribution is 2.22. The van der Waals surface area contributed by atoms with Gasteiger partial charge in [-0.25, -0.2) is 0 Å². The summed E-state index contributed by atoms with van der Waals surface area (Å²) in [5.41, 5.74) is 1.13. The highest BCUT2D eigenvalue weighted by Gasteiger charge is 2.19. The highest BCUT2D eigenvalue weighted by molar-refractivity contribution is 8.00. The van der Waals surface area contributed by atoms with E-state index in [0.29, 0.717) is 17.5 Å². The molecular weight excluding hydrogens is 274 g/mol. The van der Waals surface area contributed by atoms with Crippen LogP contribution in [0.15, 0.2) is 40.1 Å². The maximum Gasteiger partial charge on any atom is 0.286 e. The predicted octanol–water partition coefficient (Wildman–Crippen LogP) is 2.23. The summed E-state index contributed by atoms with van der Waals surface area (Å²) in [7, 11) is 3.46. The lowest BCUT2D eigenvalue weighted by atomic mass is 10.1. The summed E-state index contributed by atoms with van der Waals surface area (Å²) in [5.74, 6) is 0.654. The zero-order chi connectivity index (χ0) is 14.5. The van der Waals surface area contributed by atoms with Gasteiger partial charge >= 0.3 is 0 Å². The van der Waals surface area contributed by atoms with Crippen LogP contribution >= 0.6 is 11.8 Å². The standard InChI is InChI=1S/C14H17N3O2S/c1-10(13(18)17(2)3)20-14-15-12(16-19-14)9-11-7-5-4-6-8-11/h4-8,10H,9H2,1-3H3. The van der Waals surface area contributed by atoms with Crippen LogP contribution in [0.1, 0.15) is 18.3 Å². The molecule has 0 aliphatic heterocycles. The first-order chi connectivity index (χ1) is 9.56. The van der Waals surface area contributed by atoms with Crippen molar-refractivity contribution in [3.63, 3.8) is 0 Å². The van der Waals surface area contributed by atoms with Gasteiger partial charge in [0.1, 0.15) is 0 Å². The molecule has 1 heterocycles. The normalized spacial score (nSPS) is 12.2. The van der Waals surface area contributed by atoms with Crippen molar-refractivity contribution < 1.29 is 9.32 Å². The van der Waals surface area contributed by atoms with Crippen molar-refractivity contribution in [2.75, 3.05) is 14.1 Å². The molecule has 0 saturated carbocycles. The van der Waals surface area contributed by atoms with Crippen molar-refractivity contribution in [2.45, 2.75) is 23.8 Å². The molecule has 0 bridgehead atoms. The molecule has 0 radical (unpaired) electrons. The molecule has 2 aromatic rings. The Kier molecular flexibility index (Phi) is 4.79. The lowest BCUT2D eigenvalue weighted by molar-refractivity contribution is -0.127. The quantitative estimate of drug-likeness (QED) is 0.791. The van der Waals surface area contributed by atoms with E-state index in [0.717, 1.165) is 5.56 Å². The van der Waals surface area contributed by atoms with Crippen LogP contribution in [0.25, 0.3) is 0 Å². The Hall–Kier alpha value is -1.82. The lowest BCUT2D eigenvalue weighted by Gasteiger charge is -2.14. The van der Waals surface area contributed by atoms with Crippen molar-refractivity contribution in [1.82, 2.24) is 15.0 Å². The molecule has 0 spiro atoms. The van der Waals surface area contributed by atoms with Crippen LogP contribution in [0.4, 0.5) is 0 Å². The van der Waals surface area contributed by atoms with Crippen molar-refractivity contribution >= 4 is 17.7 Å². The molecular formula is C14H17N3O2S. The molecule has 6 heteroatoms. The number of carbonyl (C=O) groups is 1. The van der Waals surface area contributed by atoms with E-state index in [1.165, 1.54) is 11.8 Å². The molecule has 1 unspecified atom stereocenters. The molecule has 20 heavy (non-hydrogen) atoms. The summed E-state index contributed by atoms with van der Waals surface area (Å²) in [5, 5.41) is 4.13. The van der Waals surface area contributed by atoms with E-state index in [2.05, 4.69) is 10.1 Å². The van der Waals surface area contributed by atoms with E-state index in [1.807, 2.05) is 37.3 Å². The van der Waals surface area contributed by atoms with Gasteiger partial charge in [-0.2, -0.15) is 4.98 Å². The minimum Gasteiger partial charge on any atom is -0.348 e. The van der Waals surface area contributed by atoms with Crippen molar-refractivity contribution in [2.24, 2.45) is 0 Å². The number of nitrogens with zero attached hydrogens (tertiary/aromatic N) is 3. The van der Waals surface area contributed by atoms with E-state index in [-0.39, 0.29) is 11.2 Å². The molecule has 1 aromatic heterocycles. The van der Waals surface area contributed by atoms with Crippen LogP contribution in [0.5, 0.6) is 0 Å². The molecule has 0 aliphatic rings. The fraction of sp³-hybridized carbons (Fsp3) is 0.357. The summed E-state index contributed by atoms with van der Waals surface area (Å²) in [4.78, 5) is 17.6. The molecule has 1 atom stereocenters. The van der Waals surface area contributed by atoms with E-state index in [1.54, 1.807) is 19.0 Å². The van der Waals surface area contributed by atoms with Gasteiger partial charge in [0.15, 0.2) is 5.82 Å². The third-order valence-electron chi connectivity index (χ3n) is 2.72. The summed E-state index contributed by atoms with van der Waals surface area (Å²) < 4.78 is 5.17. The van der Waals surface area contributed by atoms with Crippen molar-refractivity contribution in [3.8, 4) is 0 Å². The number of hydrogen-bond donors (Lipinski definition) is 0. The topological polar surface area (TPSA) is 59.2 Å². The molecule has 0 saturated heterocycles. The molecule has 5 nitrogen and oxygen atoms in total. The second kappa shape index (κ2) is 6.56. The van der Waals surface area contributed by atoms with Crippen molar-refractivity contribution in [3.05, 3.63) is 41.7 Å². The summed E-state index contributed by atoms with van der Waals surface area (Å²) in [6.07, 6.45) is 0.626. The van der Waals surface area contributed by atoms with Gasteiger partial charge in [0, 0.05) is 20.5 Å². The maximum atomic E-state index is 11.8. The van der Waals surface area contributed by atoms with Gasteiger partial charge in [-0.3, -0.25) is 4.79 Å². The molecule has 1 amide bonds. The molecule has 0 aliphatic carbocycles. The van der Waals surface area contributed by atoms with E-state index < -0.39 is 0 Å². The van der Waals surface area contributed by atoms with Gasteiger partial charge in [0.2, 0.25) is 5.91 Å². The summed E-state index contributed by atoms with van der Waals surface area (Å²) >= 11 is 1.28. The number of carbonyl (C=O) groups excluding carboxylic acids is 1. The van der Waals surface area contributed by atoms with Crippen LogP contribution in [0.2, 0.25) is 0 Å². The predicted molar refractivity (Wildman–Crippen MR) is 77.6 cm³/mol. The van der Waals surface area contributed by atoms with Crippen LogP contribution in [0.3, 0.4) is 0 Å². The monoisotopic (exact) mass is 291 g/mol. The number of benzene rings is 1. The van der Waals surface area contributed by atoms with E-state index in [4.69, 9.17) is 4.52 Å². The Bertz CT molecular complexity index is 569. The molecule has 106 valence electrons. The Morgan fingerprint density at radius 3 is 2.70 bits per heavy atom. The van der Waals surface area contributed by atoms with Gasteiger partial charge in [-0.15, -0.1) is 0 Å². The van der Waals surface area contributed by atoms with Gasteiger partial charge < -0.3 is 9.42 Å². The first kappa shape index (κ1) is 14.6. The number of aromatic nitrogens is 2. The second-order valence-electron chi connectivity index (χ2n) is 4.63. The Morgan fingerprint density at radius 2 is 2.05 bits per heavy atom. The van der Waals surface area contributed by atoms with Gasteiger partial charge in [-0.05, 0) is 12.5 Å². The van der Waals surface area contributed by atoms with Gasteiger partial charge in [0.25, 0.3) is 5.22 Å². The SMILES string of the molecule is CC(Sc1nc(Cc2ccccc2)no1)C(=O)N(C)C. The molecule has 0 N–H and O–H groups in total. The van der Waals surface area contributed by atoms with Crippen LogP contribution in [0, 0.1) is 0 Å². The van der Waals surface area contributed by atoms with Gasteiger partial charge in [0.05, 0.1) is 5.25 Å². The first-order valence-electron chi connectivity index (χ1n) is 6.30. The minimum atomic E-state index is -0.241. The Morgan fingerprint density at radius 1 is 1.35 bits per heavy atom. The Labute approximate surface area is 122 Å². The fourth-order valence-electron chi connectivity index (χ4n) is 1.70. The van der Waals surface area contributed by atoms with Crippen LogP contribution in [-0.4, -0.2) is 40.3 Å². The second-order valence-corrected chi connectivity index (χ2v) is 5.92. The lowest BCUT2D eigenvalue weighted by Crippen LogP contribution is -2.29. The third kappa shape index (κ3) is 3.84. The molecule has 0 fully saturated rings. The highest BCUT2D eigenvalue weighted by atomic mass is 32.2. The Balaban J connectivity index is 1.97. The number of hydrogen-bond acceptors (Lipinski definition) is 5. The summed E-state index contributed by atoms with van der Waals surface area (Å²) in [6.45, 7) is 1.83. The maximum absolute atomic E-state index is 11.8. The van der Waals surface area contributed by atoms with Crippen molar-refractivity contribution in [1.29, 1.82) is 0 Å². The summed E-state index contributed by atoms with van der Waals surface area (Å²) in [6, 6.07) is 9.95. The molecule has 2 rings (SSSR count). The number of thioether (sulfide) groups is 1. The van der Waals surface area contributed by atoms with Gasteiger partial charge in [-0.1, -0.05) is 47.3 Å². The van der Waals surface area contributed by atoms with Crippen LogP contribution in [-0.2, 0) is 11.2 Å². The first-order valence-corrected chi connectivity index (χ1v) is 7.18. The zero-order valence-corrected chi connectivity index (χ0v) is 12.6. The third-order valence-corrected chi connectivity index (χ3v) is 3.64.